The summed E-state index contributed by atoms with van der Waals surface area (Å²) in [6.07, 6.45) is 0. The number of anilines is 3. The standard InChI is InChI=1S/C15H12ClN3O2/c16-10-5-9(6-11(17)7-10)15(21)19-8-14(20)18-12-3-1-2-4-13(12)19/h1-7H,8,17H2,(H,18,20). The minimum atomic E-state index is -0.313. The Morgan fingerprint density at radius 1 is 1.24 bits per heavy atom. The Kier molecular flexibility index (Phi) is 3.27. The highest BCUT2D eigenvalue weighted by Gasteiger charge is 2.27. The SMILES string of the molecule is Nc1cc(Cl)cc(C(=O)N2CC(=O)Nc3ccccc32)c1. The zero-order valence-electron chi connectivity index (χ0n) is 11.0. The molecule has 1 heterocycles. The third-order valence-corrected chi connectivity index (χ3v) is 3.40. The van der Waals surface area contributed by atoms with Crippen LogP contribution in [0.5, 0.6) is 0 Å². The number of hydrogen-bond donors (Lipinski definition) is 2. The summed E-state index contributed by atoms with van der Waals surface area (Å²) in [5.74, 6) is -0.552. The third-order valence-electron chi connectivity index (χ3n) is 3.18. The molecule has 3 rings (SSSR count). The monoisotopic (exact) mass is 301 g/mol. The maximum absolute atomic E-state index is 12.6. The lowest BCUT2D eigenvalue weighted by Gasteiger charge is -2.29. The molecule has 0 bridgehead atoms. The van der Waals surface area contributed by atoms with Crippen LogP contribution in [0.15, 0.2) is 42.5 Å². The van der Waals surface area contributed by atoms with Gasteiger partial charge in [-0.3, -0.25) is 14.5 Å². The van der Waals surface area contributed by atoms with Gasteiger partial charge in [-0.2, -0.15) is 0 Å². The third kappa shape index (κ3) is 2.55. The Morgan fingerprint density at radius 3 is 2.76 bits per heavy atom. The van der Waals surface area contributed by atoms with E-state index in [0.29, 0.717) is 27.6 Å². The van der Waals surface area contributed by atoms with E-state index in [0.717, 1.165) is 0 Å². The lowest BCUT2D eigenvalue weighted by molar-refractivity contribution is -0.115. The van der Waals surface area contributed by atoms with E-state index in [2.05, 4.69) is 5.32 Å². The van der Waals surface area contributed by atoms with Crippen LogP contribution in [0.2, 0.25) is 5.02 Å². The average molecular weight is 302 g/mol. The summed E-state index contributed by atoms with van der Waals surface area (Å²) < 4.78 is 0. The van der Waals surface area contributed by atoms with E-state index >= 15 is 0 Å². The van der Waals surface area contributed by atoms with Gasteiger partial charge < -0.3 is 11.1 Å². The number of nitrogens with one attached hydrogen (secondary N) is 1. The van der Waals surface area contributed by atoms with Crippen molar-refractivity contribution in [3.63, 3.8) is 0 Å². The number of amides is 2. The van der Waals surface area contributed by atoms with Gasteiger partial charge in [0.15, 0.2) is 0 Å². The predicted molar refractivity (Wildman–Crippen MR) is 82.6 cm³/mol. The molecule has 2 amide bonds. The van der Waals surface area contributed by atoms with Gasteiger partial charge in [-0.1, -0.05) is 23.7 Å². The minimum absolute atomic E-state index is 0.0394. The summed E-state index contributed by atoms with van der Waals surface area (Å²) in [4.78, 5) is 25.8. The predicted octanol–water partition coefficient (Wildman–Crippen LogP) is 2.52. The Morgan fingerprint density at radius 2 is 2.00 bits per heavy atom. The molecule has 2 aromatic rings. The minimum Gasteiger partial charge on any atom is -0.399 e. The molecule has 0 fully saturated rings. The molecule has 3 N–H and O–H groups in total. The van der Waals surface area contributed by atoms with E-state index < -0.39 is 0 Å². The van der Waals surface area contributed by atoms with Gasteiger partial charge in [-0.05, 0) is 30.3 Å². The second kappa shape index (κ2) is 5.10. The molecule has 0 saturated carbocycles. The molecule has 6 heteroatoms. The van der Waals surface area contributed by atoms with E-state index in [-0.39, 0.29) is 18.4 Å². The van der Waals surface area contributed by atoms with Crippen molar-refractivity contribution in [2.45, 2.75) is 0 Å². The van der Waals surface area contributed by atoms with Gasteiger partial charge >= 0.3 is 0 Å². The van der Waals surface area contributed by atoms with Crippen molar-refractivity contribution in [1.82, 2.24) is 0 Å². The molecule has 2 aromatic carbocycles. The van der Waals surface area contributed by atoms with Crippen molar-refractivity contribution < 1.29 is 9.59 Å². The molecule has 0 aliphatic carbocycles. The molecule has 1 aliphatic heterocycles. The summed E-state index contributed by atoms with van der Waals surface area (Å²) in [5, 5.41) is 3.12. The van der Waals surface area contributed by atoms with E-state index in [1.807, 2.05) is 6.07 Å². The Hall–Kier alpha value is -2.53. The second-order valence-electron chi connectivity index (χ2n) is 4.73. The van der Waals surface area contributed by atoms with Gasteiger partial charge in [-0.15, -0.1) is 0 Å². The van der Waals surface area contributed by atoms with Crippen LogP contribution in [-0.4, -0.2) is 18.4 Å². The van der Waals surface area contributed by atoms with Crippen LogP contribution in [-0.2, 0) is 4.79 Å². The van der Waals surface area contributed by atoms with Crippen LogP contribution >= 0.6 is 11.6 Å². The Labute approximate surface area is 126 Å². The smallest absolute Gasteiger partial charge is 0.258 e. The van der Waals surface area contributed by atoms with E-state index in [1.54, 1.807) is 30.3 Å². The summed E-state index contributed by atoms with van der Waals surface area (Å²) in [6, 6.07) is 11.8. The molecular weight excluding hydrogens is 290 g/mol. The van der Waals surface area contributed by atoms with Gasteiger partial charge in [0, 0.05) is 16.3 Å². The second-order valence-corrected chi connectivity index (χ2v) is 5.17. The average Bonchev–Trinajstić information content (AvgIpc) is 2.44. The molecule has 0 atom stereocenters. The van der Waals surface area contributed by atoms with Crippen LogP contribution in [0.4, 0.5) is 17.1 Å². The molecule has 0 unspecified atom stereocenters. The molecule has 5 nitrogen and oxygen atoms in total. The summed E-state index contributed by atoms with van der Waals surface area (Å²) in [7, 11) is 0. The first-order valence-electron chi connectivity index (χ1n) is 6.31. The molecule has 106 valence electrons. The van der Waals surface area contributed by atoms with Gasteiger partial charge in [0.05, 0.1) is 11.4 Å². The van der Waals surface area contributed by atoms with Gasteiger partial charge in [0.1, 0.15) is 6.54 Å². The number of carbonyl (C=O) groups excluding carboxylic acids is 2. The summed E-state index contributed by atoms with van der Waals surface area (Å²) in [6.45, 7) is -0.0394. The van der Waals surface area contributed by atoms with Gasteiger partial charge in [0.25, 0.3) is 5.91 Å². The molecule has 0 radical (unpaired) electrons. The summed E-state index contributed by atoms with van der Waals surface area (Å²) in [5.41, 5.74) is 7.73. The number of fused-ring (bicyclic) bond motifs is 1. The molecule has 0 spiro atoms. The summed E-state index contributed by atoms with van der Waals surface area (Å²) >= 11 is 5.93. The fraction of sp³-hybridized carbons (Fsp3) is 0.0667. The highest BCUT2D eigenvalue weighted by atomic mass is 35.5. The number of carbonyl (C=O) groups is 2. The van der Waals surface area contributed by atoms with Crippen molar-refractivity contribution in [2.24, 2.45) is 0 Å². The van der Waals surface area contributed by atoms with Crippen LogP contribution in [0, 0.1) is 0 Å². The normalized spacial score (nSPS) is 13.6. The Balaban J connectivity index is 2.03. The van der Waals surface area contributed by atoms with Crippen LogP contribution in [0.25, 0.3) is 0 Å². The zero-order valence-corrected chi connectivity index (χ0v) is 11.7. The fourth-order valence-corrected chi connectivity index (χ4v) is 2.55. The number of para-hydroxylation sites is 2. The van der Waals surface area contributed by atoms with Crippen LogP contribution < -0.4 is 16.0 Å². The van der Waals surface area contributed by atoms with Gasteiger partial charge in [-0.25, -0.2) is 0 Å². The van der Waals surface area contributed by atoms with Crippen LogP contribution in [0.1, 0.15) is 10.4 Å². The molecule has 21 heavy (non-hydrogen) atoms. The van der Waals surface area contributed by atoms with Crippen molar-refractivity contribution in [3.05, 3.63) is 53.1 Å². The lowest BCUT2D eigenvalue weighted by Crippen LogP contribution is -2.42. The molecule has 0 saturated heterocycles. The largest absolute Gasteiger partial charge is 0.399 e. The maximum Gasteiger partial charge on any atom is 0.258 e. The number of benzene rings is 2. The first-order valence-corrected chi connectivity index (χ1v) is 6.69. The van der Waals surface area contributed by atoms with E-state index in [9.17, 15) is 9.59 Å². The lowest BCUT2D eigenvalue weighted by atomic mass is 10.1. The zero-order chi connectivity index (χ0) is 15.0. The highest BCUT2D eigenvalue weighted by molar-refractivity contribution is 6.31. The number of nitrogens with zero attached hydrogens (tertiary/aromatic N) is 1. The first kappa shape index (κ1) is 13.5. The maximum atomic E-state index is 12.6. The number of nitrogens with two attached hydrogens (primary N) is 1. The number of nitrogen functional groups attached to an aromatic ring is 1. The van der Waals surface area contributed by atoms with Crippen molar-refractivity contribution in [3.8, 4) is 0 Å². The topological polar surface area (TPSA) is 75.4 Å². The van der Waals surface area contributed by atoms with Crippen molar-refractivity contribution in [2.75, 3.05) is 22.5 Å². The van der Waals surface area contributed by atoms with E-state index in [4.69, 9.17) is 17.3 Å². The van der Waals surface area contributed by atoms with Crippen LogP contribution in [0.3, 0.4) is 0 Å². The fourth-order valence-electron chi connectivity index (χ4n) is 2.31. The van der Waals surface area contributed by atoms with E-state index in [1.165, 1.54) is 11.0 Å². The quantitative estimate of drug-likeness (QED) is 0.795. The molecular formula is C15H12ClN3O2. The number of rotatable bonds is 1. The van der Waals surface area contributed by atoms with Crippen molar-refractivity contribution >= 4 is 40.5 Å². The van der Waals surface area contributed by atoms with Gasteiger partial charge in [0.2, 0.25) is 5.91 Å². The Bertz CT molecular complexity index is 725. The highest BCUT2D eigenvalue weighted by Crippen LogP contribution is 2.30. The molecule has 1 aliphatic rings. The first-order chi connectivity index (χ1) is 10.0. The number of halogens is 1. The van der Waals surface area contributed by atoms with Crippen molar-refractivity contribution in [1.29, 1.82) is 0 Å². The molecule has 0 aromatic heterocycles. The number of hydrogen-bond acceptors (Lipinski definition) is 3.